The van der Waals surface area contributed by atoms with Gasteiger partial charge >= 0.3 is 0 Å². The lowest BCUT2D eigenvalue weighted by Gasteiger charge is -2.21. The first-order valence-electron chi connectivity index (χ1n) is 7.81. The number of hydrogen-bond acceptors (Lipinski definition) is 5. The van der Waals surface area contributed by atoms with E-state index in [-0.39, 0.29) is 12.3 Å². The molecule has 2 aromatic rings. The molecule has 1 aliphatic rings. The lowest BCUT2D eigenvalue weighted by Crippen LogP contribution is -2.34. The SMILES string of the molecule is Cc1cccc(NC(=O)CCN2C(=S)S/C(=C/c3cccs3)C2O)c1. The van der Waals surface area contributed by atoms with Crippen LogP contribution in [-0.4, -0.2) is 33.0 Å². The summed E-state index contributed by atoms with van der Waals surface area (Å²) in [6.45, 7) is 2.36. The third-order valence-corrected chi connectivity index (χ3v) is 5.98. The number of carbonyl (C=O) groups excluding carboxylic acids is 1. The zero-order valence-corrected chi connectivity index (χ0v) is 16.1. The number of carbonyl (C=O) groups is 1. The van der Waals surface area contributed by atoms with Gasteiger partial charge in [0.15, 0.2) is 6.23 Å². The van der Waals surface area contributed by atoms with Crippen molar-refractivity contribution in [2.75, 3.05) is 11.9 Å². The molecule has 25 heavy (non-hydrogen) atoms. The molecular weight excluding hydrogens is 372 g/mol. The summed E-state index contributed by atoms with van der Waals surface area (Å²) in [5, 5.41) is 15.3. The maximum absolute atomic E-state index is 12.1. The maximum atomic E-state index is 12.1. The highest BCUT2D eigenvalue weighted by atomic mass is 32.2. The molecule has 1 aliphatic heterocycles. The van der Waals surface area contributed by atoms with Crippen LogP contribution in [0.5, 0.6) is 0 Å². The van der Waals surface area contributed by atoms with Crippen LogP contribution in [0.15, 0.2) is 46.7 Å². The molecule has 0 saturated carbocycles. The number of thiophene rings is 1. The van der Waals surface area contributed by atoms with Gasteiger partial charge in [-0.1, -0.05) is 42.2 Å². The average molecular weight is 391 g/mol. The van der Waals surface area contributed by atoms with E-state index in [4.69, 9.17) is 12.2 Å². The Labute approximate surface area is 160 Å². The zero-order valence-electron chi connectivity index (χ0n) is 13.6. The van der Waals surface area contributed by atoms with Gasteiger partial charge in [-0.25, -0.2) is 0 Å². The smallest absolute Gasteiger partial charge is 0.226 e. The topological polar surface area (TPSA) is 52.6 Å². The summed E-state index contributed by atoms with van der Waals surface area (Å²) >= 11 is 8.34. The molecule has 1 aromatic heterocycles. The van der Waals surface area contributed by atoms with Gasteiger partial charge < -0.3 is 15.3 Å². The molecule has 2 N–H and O–H groups in total. The highest BCUT2D eigenvalue weighted by molar-refractivity contribution is 8.26. The minimum absolute atomic E-state index is 0.0960. The van der Waals surface area contributed by atoms with Gasteiger partial charge in [0.2, 0.25) is 5.91 Å². The summed E-state index contributed by atoms with van der Waals surface area (Å²) in [7, 11) is 0. The summed E-state index contributed by atoms with van der Waals surface area (Å²) in [6, 6.07) is 11.6. The van der Waals surface area contributed by atoms with Crippen molar-refractivity contribution in [3.8, 4) is 0 Å². The van der Waals surface area contributed by atoms with Gasteiger partial charge in [-0.2, -0.15) is 0 Å². The molecule has 130 valence electrons. The number of hydrogen-bond donors (Lipinski definition) is 2. The normalized spacial score (nSPS) is 18.8. The molecular formula is C18H18N2O2S3. The monoisotopic (exact) mass is 390 g/mol. The first kappa shape index (κ1) is 18.1. The number of rotatable bonds is 5. The summed E-state index contributed by atoms with van der Waals surface area (Å²) in [6.07, 6.45) is 1.42. The Balaban J connectivity index is 1.57. The summed E-state index contributed by atoms with van der Waals surface area (Å²) in [5.74, 6) is -0.0960. The van der Waals surface area contributed by atoms with Crippen LogP contribution in [0.25, 0.3) is 6.08 Å². The van der Waals surface area contributed by atoms with E-state index in [2.05, 4.69) is 5.32 Å². The van der Waals surface area contributed by atoms with E-state index in [9.17, 15) is 9.90 Å². The van der Waals surface area contributed by atoms with Gasteiger partial charge in [0, 0.05) is 28.4 Å². The number of aliphatic hydroxyl groups excluding tert-OH is 1. The first-order valence-corrected chi connectivity index (χ1v) is 9.91. The molecule has 1 fully saturated rings. The Morgan fingerprint density at radius 1 is 1.40 bits per heavy atom. The van der Waals surface area contributed by atoms with Crippen LogP contribution in [-0.2, 0) is 4.79 Å². The molecule has 0 bridgehead atoms. The number of anilines is 1. The predicted molar refractivity (Wildman–Crippen MR) is 110 cm³/mol. The number of thioether (sulfide) groups is 1. The number of benzene rings is 1. The van der Waals surface area contributed by atoms with Crippen molar-refractivity contribution in [2.24, 2.45) is 0 Å². The molecule has 1 atom stereocenters. The highest BCUT2D eigenvalue weighted by Crippen LogP contribution is 2.36. The largest absolute Gasteiger partial charge is 0.369 e. The fraction of sp³-hybridized carbons (Fsp3) is 0.222. The molecule has 1 saturated heterocycles. The Kier molecular flexibility index (Phi) is 5.90. The summed E-state index contributed by atoms with van der Waals surface area (Å²) < 4.78 is 0.596. The standard InChI is InChI=1S/C18H18N2O2S3/c1-12-4-2-5-13(10-12)19-16(21)7-8-20-17(22)15(25-18(20)23)11-14-6-3-9-24-14/h2-6,9-11,17,22H,7-8H2,1H3,(H,19,21)/b15-11+. The molecule has 1 unspecified atom stereocenters. The van der Waals surface area contributed by atoms with E-state index in [0.717, 1.165) is 21.0 Å². The minimum atomic E-state index is -0.786. The number of nitrogens with zero attached hydrogens (tertiary/aromatic N) is 1. The fourth-order valence-corrected chi connectivity index (χ4v) is 4.61. The highest BCUT2D eigenvalue weighted by Gasteiger charge is 2.32. The zero-order chi connectivity index (χ0) is 17.8. The van der Waals surface area contributed by atoms with Crippen LogP contribution in [0, 0.1) is 6.92 Å². The molecule has 1 aromatic carbocycles. The quantitative estimate of drug-likeness (QED) is 0.754. The first-order chi connectivity index (χ1) is 12.0. The Morgan fingerprint density at radius 2 is 2.24 bits per heavy atom. The van der Waals surface area contributed by atoms with Crippen molar-refractivity contribution < 1.29 is 9.90 Å². The molecule has 0 radical (unpaired) electrons. The van der Waals surface area contributed by atoms with Crippen molar-refractivity contribution in [3.05, 3.63) is 57.1 Å². The van der Waals surface area contributed by atoms with Gasteiger partial charge in [-0.05, 0) is 42.1 Å². The maximum Gasteiger partial charge on any atom is 0.226 e. The Morgan fingerprint density at radius 3 is 2.96 bits per heavy atom. The van der Waals surface area contributed by atoms with Crippen molar-refractivity contribution in [2.45, 2.75) is 19.6 Å². The van der Waals surface area contributed by atoms with Crippen LogP contribution in [0.1, 0.15) is 16.9 Å². The second-order valence-electron chi connectivity index (χ2n) is 5.66. The molecule has 7 heteroatoms. The molecule has 2 heterocycles. The third-order valence-electron chi connectivity index (χ3n) is 3.70. The predicted octanol–water partition coefficient (Wildman–Crippen LogP) is 4.08. The summed E-state index contributed by atoms with van der Waals surface area (Å²) in [5.41, 5.74) is 1.87. The average Bonchev–Trinajstić information content (AvgIpc) is 3.15. The van der Waals surface area contributed by atoms with Gasteiger partial charge in [-0.3, -0.25) is 4.79 Å². The van der Waals surface area contributed by atoms with Crippen molar-refractivity contribution in [1.29, 1.82) is 0 Å². The lowest BCUT2D eigenvalue weighted by atomic mass is 10.2. The van der Waals surface area contributed by atoms with E-state index in [1.54, 1.807) is 16.2 Å². The second kappa shape index (κ2) is 8.14. The number of nitrogens with one attached hydrogen (secondary N) is 1. The number of aliphatic hydroxyl groups is 1. The van der Waals surface area contributed by atoms with Crippen LogP contribution in [0.4, 0.5) is 5.69 Å². The summed E-state index contributed by atoms with van der Waals surface area (Å²) in [4.78, 5) is 15.7. The van der Waals surface area contributed by atoms with Crippen molar-refractivity contribution in [3.63, 3.8) is 0 Å². The minimum Gasteiger partial charge on any atom is -0.369 e. The van der Waals surface area contributed by atoms with Gasteiger partial charge in [-0.15, -0.1) is 11.3 Å². The van der Waals surface area contributed by atoms with E-state index in [1.165, 1.54) is 11.8 Å². The Bertz CT molecular complexity index is 802. The number of thiocarbonyl (C=S) groups is 1. The van der Waals surface area contributed by atoms with E-state index >= 15 is 0 Å². The molecule has 0 aliphatic carbocycles. The van der Waals surface area contributed by atoms with E-state index < -0.39 is 6.23 Å². The molecule has 4 nitrogen and oxygen atoms in total. The van der Waals surface area contributed by atoms with Crippen LogP contribution in [0.3, 0.4) is 0 Å². The van der Waals surface area contributed by atoms with Crippen LogP contribution in [0.2, 0.25) is 0 Å². The third kappa shape index (κ3) is 4.70. The second-order valence-corrected chi connectivity index (χ2v) is 8.35. The molecule has 0 spiro atoms. The number of aryl methyl sites for hydroxylation is 1. The number of amides is 1. The lowest BCUT2D eigenvalue weighted by molar-refractivity contribution is -0.116. The van der Waals surface area contributed by atoms with Gasteiger partial charge in [0.1, 0.15) is 4.32 Å². The molecule has 3 rings (SSSR count). The van der Waals surface area contributed by atoms with Crippen LogP contribution >= 0.6 is 35.3 Å². The van der Waals surface area contributed by atoms with Crippen LogP contribution < -0.4 is 5.32 Å². The van der Waals surface area contributed by atoms with Gasteiger partial charge in [0.05, 0.1) is 0 Å². The van der Waals surface area contributed by atoms with Crippen molar-refractivity contribution >= 4 is 57.3 Å². The van der Waals surface area contributed by atoms with E-state index in [0.29, 0.717) is 10.9 Å². The van der Waals surface area contributed by atoms with Gasteiger partial charge in [0.25, 0.3) is 0 Å². The molecule has 1 amide bonds. The fourth-order valence-electron chi connectivity index (χ4n) is 2.47. The van der Waals surface area contributed by atoms with E-state index in [1.807, 2.05) is 54.8 Å². The van der Waals surface area contributed by atoms with Crippen molar-refractivity contribution in [1.82, 2.24) is 4.90 Å². The Hall–Kier alpha value is -1.67.